The number of benzene rings is 2. The summed E-state index contributed by atoms with van der Waals surface area (Å²) >= 11 is 0. The highest BCUT2D eigenvalue weighted by Crippen LogP contribution is 2.36. The summed E-state index contributed by atoms with van der Waals surface area (Å²) in [6.07, 6.45) is 2.81. The van der Waals surface area contributed by atoms with Gasteiger partial charge in [-0.2, -0.15) is 0 Å². The van der Waals surface area contributed by atoms with Crippen molar-refractivity contribution >= 4 is 18.3 Å². The van der Waals surface area contributed by atoms with Crippen LogP contribution in [0.4, 0.5) is 0 Å². The lowest BCUT2D eigenvalue weighted by molar-refractivity contribution is -0.134. The number of hydrogen-bond donors (Lipinski definition) is 1. The minimum atomic E-state index is -0.247. The molecule has 0 saturated heterocycles. The van der Waals surface area contributed by atoms with Gasteiger partial charge in [0.25, 0.3) is 0 Å². The normalized spacial score (nSPS) is 15.8. The van der Waals surface area contributed by atoms with Gasteiger partial charge in [-0.1, -0.05) is 60.7 Å². The molecule has 2 aromatic rings. The predicted molar refractivity (Wildman–Crippen MR) is 104 cm³/mol. The molecule has 2 unspecified atom stereocenters. The van der Waals surface area contributed by atoms with Crippen LogP contribution in [0.1, 0.15) is 43.4 Å². The zero-order valence-electron chi connectivity index (χ0n) is 14.7. The number of nitrogens with two attached hydrogens (primary N) is 1. The van der Waals surface area contributed by atoms with Gasteiger partial charge in [-0.3, -0.25) is 4.79 Å². The van der Waals surface area contributed by atoms with Crippen molar-refractivity contribution in [2.24, 2.45) is 11.7 Å². The van der Waals surface area contributed by atoms with E-state index in [0.29, 0.717) is 18.9 Å². The average Bonchev–Trinajstić information content (AvgIpc) is 3.46. The number of rotatable bonds is 7. The van der Waals surface area contributed by atoms with Crippen LogP contribution in [0.25, 0.3) is 0 Å². The number of halogens is 1. The molecule has 0 bridgehead atoms. The molecule has 3 rings (SSSR count). The molecule has 1 fully saturated rings. The second kappa shape index (κ2) is 9.02. The van der Waals surface area contributed by atoms with E-state index in [0.717, 1.165) is 5.56 Å². The second-order valence-corrected chi connectivity index (χ2v) is 6.81. The van der Waals surface area contributed by atoms with Crippen LogP contribution in [0.3, 0.4) is 0 Å². The average molecular weight is 359 g/mol. The summed E-state index contributed by atoms with van der Waals surface area (Å²) in [6, 6.07) is 20.1. The molecule has 0 aliphatic heterocycles. The molecule has 0 aromatic heterocycles. The molecule has 0 radical (unpaired) electrons. The largest absolute Gasteiger partial charge is 0.335 e. The van der Waals surface area contributed by atoms with Crippen LogP contribution in [0.5, 0.6) is 0 Å². The fourth-order valence-electron chi connectivity index (χ4n) is 3.20. The molecule has 0 heterocycles. The summed E-state index contributed by atoms with van der Waals surface area (Å²) in [7, 11) is 0. The SMILES string of the molecule is CC(C1CC1)N(Cc1ccccc1)C(=O)CC(N)c1ccccc1.Cl. The Morgan fingerprint density at radius 1 is 1.08 bits per heavy atom. The van der Waals surface area contributed by atoms with E-state index < -0.39 is 0 Å². The summed E-state index contributed by atoms with van der Waals surface area (Å²) in [5, 5.41) is 0. The maximum Gasteiger partial charge on any atom is 0.225 e. The van der Waals surface area contributed by atoms with Crippen LogP contribution >= 0.6 is 12.4 Å². The van der Waals surface area contributed by atoms with Gasteiger partial charge in [0.1, 0.15) is 0 Å². The summed E-state index contributed by atoms with van der Waals surface area (Å²) < 4.78 is 0. The first-order valence-corrected chi connectivity index (χ1v) is 8.79. The standard InChI is InChI=1S/C21H26N2O.ClH/c1-16(18-12-13-18)23(15-17-8-4-2-5-9-17)21(24)14-20(22)19-10-6-3-7-11-19;/h2-11,16,18,20H,12-15,22H2,1H3;1H. The maximum absolute atomic E-state index is 13.0. The van der Waals surface area contributed by atoms with E-state index in [2.05, 4.69) is 19.1 Å². The summed E-state index contributed by atoms with van der Waals surface area (Å²) in [5.74, 6) is 0.792. The molecule has 134 valence electrons. The van der Waals surface area contributed by atoms with Gasteiger partial charge in [0.2, 0.25) is 5.91 Å². The van der Waals surface area contributed by atoms with Gasteiger partial charge in [-0.05, 0) is 36.8 Å². The Bertz CT molecular complexity index is 658. The fraction of sp³-hybridized carbons (Fsp3) is 0.381. The third-order valence-corrected chi connectivity index (χ3v) is 4.93. The Kier molecular flexibility index (Phi) is 7.03. The Morgan fingerprint density at radius 2 is 1.64 bits per heavy atom. The van der Waals surface area contributed by atoms with Crippen molar-refractivity contribution in [3.63, 3.8) is 0 Å². The van der Waals surface area contributed by atoms with Gasteiger partial charge >= 0.3 is 0 Å². The maximum atomic E-state index is 13.0. The van der Waals surface area contributed by atoms with Crippen molar-refractivity contribution in [1.29, 1.82) is 0 Å². The van der Waals surface area contributed by atoms with E-state index in [9.17, 15) is 4.79 Å². The number of nitrogens with zero attached hydrogens (tertiary/aromatic N) is 1. The molecular formula is C21H27ClN2O. The molecule has 1 amide bonds. The Balaban J connectivity index is 0.00000225. The van der Waals surface area contributed by atoms with E-state index in [-0.39, 0.29) is 30.4 Å². The van der Waals surface area contributed by atoms with Crippen LogP contribution in [0.2, 0.25) is 0 Å². The third-order valence-electron chi connectivity index (χ3n) is 4.93. The van der Waals surface area contributed by atoms with Crippen molar-refractivity contribution in [3.8, 4) is 0 Å². The van der Waals surface area contributed by atoms with Crippen LogP contribution in [-0.2, 0) is 11.3 Å². The fourth-order valence-corrected chi connectivity index (χ4v) is 3.20. The lowest BCUT2D eigenvalue weighted by Crippen LogP contribution is -2.40. The van der Waals surface area contributed by atoms with Crippen LogP contribution in [0.15, 0.2) is 60.7 Å². The monoisotopic (exact) mass is 358 g/mol. The van der Waals surface area contributed by atoms with Crippen molar-refractivity contribution in [2.45, 2.75) is 44.8 Å². The van der Waals surface area contributed by atoms with Gasteiger partial charge in [0, 0.05) is 25.0 Å². The molecule has 2 atom stereocenters. The molecule has 1 saturated carbocycles. The van der Waals surface area contributed by atoms with Crippen LogP contribution in [0, 0.1) is 5.92 Å². The van der Waals surface area contributed by atoms with E-state index in [1.165, 1.54) is 18.4 Å². The lowest BCUT2D eigenvalue weighted by Gasteiger charge is -2.30. The number of carbonyl (C=O) groups is 1. The van der Waals surface area contributed by atoms with Gasteiger partial charge in [0.05, 0.1) is 0 Å². The topological polar surface area (TPSA) is 46.3 Å². The molecule has 0 spiro atoms. The zero-order chi connectivity index (χ0) is 16.9. The Labute approximate surface area is 156 Å². The highest BCUT2D eigenvalue weighted by atomic mass is 35.5. The van der Waals surface area contributed by atoms with Crippen molar-refractivity contribution in [3.05, 3.63) is 71.8 Å². The first-order chi connectivity index (χ1) is 11.6. The molecule has 1 aliphatic carbocycles. The quantitative estimate of drug-likeness (QED) is 0.800. The predicted octanol–water partition coefficient (Wildman–Crippen LogP) is 4.33. The molecule has 2 aromatic carbocycles. The second-order valence-electron chi connectivity index (χ2n) is 6.81. The highest BCUT2D eigenvalue weighted by Gasteiger charge is 2.34. The van der Waals surface area contributed by atoms with E-state index in [1.54, 1.807) is 0 Å². The smallest absolute Gasteiger partial charge is 0.225 e. The first-order valence-electron chi connectivity index (χ1n) is 8.79. The van der Waals surface area contributed by atoms with Gasteiger partial charge in [-0.25, -0.2) is 0 Å². The Hall–Kier alpha value is -1.84. The third kappa shape index (κ3) is 5.32. The molecule has 1 aliphatic rings. The van der Waals surface area contributed by atoms with E-state index in [4.69, 9.17) is 5.73 Å². The van der Waals surface area contributed by atoms with Crippen molar-refractivity contribution in [2.75, 3.05) is 0 Å². The number of amides is 1. The molecule has 25 heavy (non-hydrogen) atoms. The Morgan fingerprint density at radius 3 is 2.20 bits per heavy atom. The summed E-state index contributed by atoms with van der Waals surface area (Å²) in [5.41, 5.74) is 8.46. The molecule has 2 N–H and O–H groups in total. The number of hydrogen-bond acceptors (Lipinski definition) is 2. The van der Waals surface area contributed by atoms with Gasteiger partial charge in [0.15, 0.2) is 0 Å². The minimum Gasteiger partial charge on any atom is -0.335 e. The highest BCUT2D eigenvalue weighted by molar-refractivity contribution is 5.85. The number of carbonyl (C=O) groups excluding carboxylic acids is 1. The van der Waals surface area contributed by atoms with Crippen molar-refractivity contribution < 1.29 is 4.79 Å². The molecule has 4 heteroatoms. The zero-order valence-corrected chi connectivity index (χ0v) is 15.5. The molecule has 3 nitrogen and oxygen atoms in total. The lowest BCUT2D eigenvalue weighted by atomic mass is 10.0. The summed E-state index contributed by atoms with van der Waals surface area (Å²) in [6.45, 7) is 2.84. The molecular weight excluding hydrogens is 332 g/mol. The van der Waals surface area contributed by atoms with E-state index >= 15 is 0 Å². The summed E-state index contributed by atoms with van der Waals surface area (Å²) in [4.78, 5) is 15.0. The van der Waals surface area contributed by atoms with Crippen LogP contribution < -0.4 is 5.73 Å². The first kappa shape index (κ1) is 19.5. The van der Waals surface area contributed by atoms with Crippen LogP contribution in [-0.4, -0.2) is 16.8 Å². The minimum absolute atomic E-state index is 0. The van der Waals surface area contributed by atoms with Gasteiger partial charge in [-0.15, -0.1) is 12.4 Å². The van der Waals surface area contributed by atoms with E-state index in [1.807, 2.05) is 53.4 Å². The van der Waals surface area contributed by atoms with Crippen molar-refractivity contribution in [1.82, 2.24) is 4.90 Å². The van der Waals surface area contributed by atoms with Gasteiger partial charge < -0.3 is 10.6 Å².